The molecule has 126 valence electrons. The fraction of sp³-hybridized carbons (Fsp3) is 0.467. The molecule has 1 aliphatic rings. The summed E-state index contributed by atoms with van der Waals surface area (Å²) in [6.07, 6.45) is -3.92. The van der Waals surface area contributed by atoms with Gasteiger partial charge in [0.25, 0.3) is 5.91 Å². The lowest BCUT2D eigenvalue weighted by molar-refractivity contribution is -0.138. The van der Waals surface area contributed by atoms with Crippen LogP contribution in [-0.2, 0) is 15.7 Å². The highest BCUT2D eigenvalue weighted by atomic mass is 32.2. The van der Waals surface area contributed by atoms with E-state index in [-0.39, 0.29) is 22.5 Å². The smallest absolute Gasteiger partial charge is 0.417 e. The molecule has 0 aliphatic carbocycles. The highest BCUT2D eigenvalue weighted by Gasteiger charge is 2.37. The van der Waals surface area contributed by atoms with Crippen LogP contribution in [0.4, 0.5) is 13.2 Å². The van der Waals surface area contributed by atoms with Gasteiger partial charge in [-0.15, -0.1) is 11.8 Å². The van der Waals surface area contributed by atoms with Crippen LogP contribution in [-0.4, -0.2) is 48.0 Å². The first-order valence-electron chi connectivity index (χ1n) is 6.97. The molecule has 0 spiro atoms. The number of alkyl halides is 3. The van der Waals surface area contributed by atoms with Crippen molar-refractivity contribution in [3.63, 3.8) is 0 Å². The molecule has 4 nitrogen and oxygen atoms in total. The number of carbonyl (C=O) groups excluding carboxylic acids is 2. The summed E-state index contributed by atoms with van der Waals surface area (Å²) >= 11 is 1.35. The molecule has 1 atom stereocenters. The molecule has 23 heavy (non-hydrogen) atoms. The van der Waals surface area contributed by atoms with E-state index in [2.05, 4.69) is 4.74 Å². The van der Waals surface area contributed by atoms with Crippen molar-refractivity contribution < 1.29 is 27.5 Å². The Morgan fingerprint density at radius 1 is 1.35 bits per heavy atom. The minimum atomic E-state index is -4.56. The fourth-order valence-electron chi connectivity index (χ4n) is 2.38. The van der Waals surface area contributed by atoms with Crippen LogP contribution in [0.15, 0.2) is 24.3 Å². The average Bonchev–Trinajstić information content (AvgIpc) is 3.00. The summed E-state index contributed by atoms with van der Waals surface area (Å²) in [6.45, 7) is 0.705. The lowest BCUT2D eigenvalue weighted by atomic mass is 10.1. The first-order chi connectivity index (χ1) is 10.8. The third kappa shape index (κ3) is 4.40. The van der Waals surface area contributed by atoms with Gasteiger partial charge in [0, 0.05) is 18.3 Å². The highest BCUT2D eigenvalue weighted by molar-refractivity contribution is 8.00. The summed E-state index contributed by atoms with van der Waals surface area (Å²) < 4.78 is 43.5. The predicted octanol–water partition coefficient (Wildman–Crippen LogP) is 2.83. The SMILES string of the molecule is COC(=O)CS[C@H]1CCN(C(=O)c2ccccc2C(F)(F)F)C1. The van der Waals surface area contributed by atoms with E-state index < -0.39 is 17.6 Å². The molecule has 1 aromatic carbocycles. The van der Waals surface area contributed by atoms with Gasteiger partial charge in [-0.25, -0.2) is 0 Å². The largest absolute Gasteiger partial charge is 0.468 e. The van der Waals surface area contributed by atoms with Crippen molar-refractivity contribution in [2.75, 3.05) is 26.0 Å². The molecule has 0 unspecified atom stereocenters. The van der Waals surface area contributed by atoms with Crippen molar-refractivity contribution in [2.45, 2.75) is 17.8 Å². The highest BCUT2D eigenvalue weighted by Crippen LogP contribution is 2.33. The maximum atomic E-state index is 13.0. The van der Waals surface area contributed by atoms with E-state index in [4.69, 9.17) is 0 Å². The summed E-state index contributed by atoms with van der Waals surface area (Å²) in [7, 11) is 1.29. The molecule has 1 amide bonds. The maximum Gasteiger partial charge on any atom is 0.417 e. The molecule has 0 aromatic heterocycles. The predicted molar refractivity (Wildman–Crippen MR) is 80.2 cm³/mol. The van der Waals surface area contributed by atoms with Crippen LogP contribution in [0, 0.1) is 0 Å². The molecule has 1 saturated heterocycles. The lowest BCUT2D eigenvalue weighted by Gasteiger charge is -2.19. The van der Waals surface area contributed by atoms with Gasteiger partial charge >= 0.3 is 12.1 Å². The molecule has 1 fully saturated rings. The number of ether oxygens (including phenoxy) is 1. The number of amides is 1. The fourth-order valence-corrected chi connectivity index (χ4v) is 3.43. The monoisotopic (exact) mass is 347 g/mol. The normalized spacial score (nSPS) is 18.1. The van der Waals surface area contributed by atoms with E-state index in [0.29, 0.717) is 19.5 Å². The number of thioether (sulfide) groups is 1. The number of carbonyl (C=O) groups is 2. The number of likely N-dealkylation sites (tertiary alicyclic amines) is 1. The van der Waals surface area contributed by atoms with Gasteiger partial charge in [-0.1, -0.05) is 12.1 Å². The van der Waals surface area contributed by atoms with Gasteiger partial charge in [-0.05, 0) is 18.6 Å². The standard InChI is InChI=1S/C15H16F3NO3S/c1-22-13(20)9-23-10-6-7-19(8-10)14(21)11-4-2-3-5-12(11)15(16,17)18/h2-5,10H,6-9H2,1H3/t10-/m0/s1. The molecule has 1 aromatic rings. The van der Waals surface area contributed by atoms with Crippen LogP contribution in [0.25, 0.3) is 0 Å². The molecule has 0 bridgehead atoms. The molecule has 2 rings (SSSR count). The van der Waals surface area contributed by atoms with Gasteiger partial charge in [0.2, 0.25) is 0 Å². The van der Waals surface area contributed by atoms with Crippen molar-refractivity contribution in [3.05, 3.63) is 35.4 Å². The second-order valence-electron chi connectivity index (χ2n) is 5.09. The van der Waals surface area contributed by atoms with Crippen molar-refractivity contribution in [1.29, 1.82) is 0 Å². The summed E-state index contributed by atoms with van der Waals surface area (Å²) in [5.41, 5.74) is -1.26. The number of methoxy groups -OCH3 is 1. The van der Waals surface area contributed by atoms with Gasteiger partial charge in [0.05, 0.1) is 24.0 Å². The molecule has 1 heterocycles. The van der Waals surface area contributed by atoms with Crippen molar-refractivity contribution in [1.82, 2.24) is 4.90 Å². The first kappa shape index (κ1) is 17.7. The Balaban J connectivity index is 2.04. The Labute approximate surface area is 136 Å². The van der Waals surface area contributed by atoms with Crippen LogP contribution in [0.1, 0.15) is 22.3 Å². The molecule has 0 saturated carbocycles. The maximum absolute atomic E-state index is 13.0. The average molecular weight is 347 g/mol. The summed E-state index contributed by atoms with van der Waals surface area (Å²) in [6, 6.07) is 4.79. The van der Waals surface area contributed by atoms with Crippen LogP contribution >= 0.6 is 11.8 Å². The third-order valence-electron chi connectivity index (χ3n) is 3.56. The van der Waals surface area contributed by atoms with Gasteiger partial charge in [0.15, 0.2) is 0 Å². The number of hydrogen-bond donors (Lipinski definition) is 0. The lowest BCUT2D eigenvalue weighted by Crippen LogP contribution is -2.31. The Morgan fingerprint density at radius 3 is 2.70 bits per heavy atom. The van der Waals surface area contributed by atoms with Crippen molar-refractivity contribution in [2.24, 2.45) is 0 Å². The number of esters is 1. The zero-order valence-electron chi connectivity index (χ0n) is 12.4. The second kappa shape index (κ2) is 7.25. The number of halogens is 3. The van der Waals surface area contributed by atoms with Crippen molar-refractivity contribution in [3.8, 4) is 0 Å². The Bertz CT molecular complexity index is 592. The second-order valence-corrected chi connectivity index (χ2v) is 6.38. The van der Waals surface area contributed by atoms with Crippen molar-refractivity contribution >= 4 is 23.6 Å². The molecule has 0 radical (unpaired) electrons. The van der Waals surface area contributed by atoms with Gasteiger partial charge in [-0.3, -0.25) is 9.59 Å². The van der Waals surface area contributed by atoms with E-state index in [0.717, 1.165) is 6.07 Å². The zero-order chi connectivity index (χ0) is 17.0. The quantitative estimate of drug-likeness (QED) is 0.786. The zero-order valence-corrected chi connectivity index (χ0v) is 13.2. The van der Waals surface area contributed by atoms with Crippen LogP contribution < -0.4 is 0 Å². The Kier molecular flexibility index (Phi) is 5.56. The third-order valence-corrected chi connectivity index (χ3v) is 4.82. The molecular weight excluding hydrogens is 331 g/mol. The van der Waals surface area contributed by atoms with Crippen LogP contribution in [0.5, 0.6) is 0 Å². The minimum absolute atomic E-state index is 0.0242. The minimum Gasteiger partial charge on any atom is -0.468 e. The van der Waals surface area contributed by atoms with E-state index in [1.807, 2.05) is 0 Å². The summed E-state index contributed by atoms with van der Waals surface area (Å²) in [5, 5.41) is 0.0242. The van der Waals surface area contributed by atoms with Gasteiger partial charge < -0.3 is 9.64 Å². The first-order valence-corrected chi connectivity index (χ1v) is 8.01. The van der Waals surface area contributed by atoms with Crippen LogP contribution in [0.2, 0.25) is 0 Å². The summed E-state index contributed by atoms with van der Waals surface area (Å²) in [4.78, 5) is 24.9. The number of hydrogen-bond acceptors (Lipinski definition) is 4. The Hall–Kier alpha value is -1.70. The van der Waals surface area contributed by atoms with E-state index >= 15 is 0 Å². The number of rotatable bonds is 4. The van der Waals surface area contributed by atoms with E-state index in [1.165, 1.54) is 42.0 Å². The number of benzene rings is 1. The van der Waals surface area contributed by atoms with Gasteiger partial charge in [0.1, 0.15) is 0 Å². The Morgan fingerprint density at radius 2 is 2.04 bits per heavy atom. The molecule has 1 aliphatic heterocycles. The van der Waals surface area contributed by atoms with Gasteiger partial charge in [-0.2, -0.15) is 13.2 Å². The summed E-state index contributed by atoms with van der Waals surface area (Å²) in [5.74, 6) is -0.816. The molecule has 8 heteroatoms. The van der Waals surface area contributed by atoms with E-state index in [1.54, 1.807) is 0 Å². The topological polar surface area (TPSA) is 46.6 Å². The molecule has 0 N–H and O–H groups in total. The van der Waals surface area contributed by atoms with E-state index in [9.17, 15) is 22.8 Å². The number of nitrogens with zero attached hydrogens (tertiary/aromatic N) is 1. The molecular formula is C15H16F3NO3S. The van der Waals surface area contributed by atoms with Crippen LogP contribution in [0.3, 0.4) is 0 Å².